The van der Waals surface area contributed by atoms with E-state index in [1.807, 2.05) is 17.8 Å². The molecule has 1 saturated carbocycles. The average Bonchev–Trinajstić information content (AvgIpc) is 2.58. The summed E-state index contributed by atoms with van der Waals surface area (Å²) in [7, 11) is 0. The minimum atomic E-state index is -0.0730. The summed E-state index contributed by atoms with van der Waals surface area (Å²) >= 11 is 1.87. The lowest BCUT2D eigenvalue weighted by Gasteiger charge is -2.18. The molecule has 2 heteroatoms. The Balaban J connectivity index is 1.88. The quantitative estimate of drug-likeness (QED) is 0.793. The Morgan fingerprint density at radius 2 is 2.00 bits per heavy atom. The maximum Gasteiger partial charge on any atom is 0.0579 e. The normalized spacial score (nSPS) is 30.7. The number of benzene rings is 1. The largest absolute Gasteiger partial charge is 0.393 e. The maximum atomic E-state index is 9.82. The zero-order valence-corrected chi connectivity index (χ0v) is 9.91. The van der Waals surface area contributed by atoms with Gasteiger partial charge in [-0.25, -0.2) is 0 Å². The number of hydrogen-bond donors (Lipinski definition) is 1. The van der Waals surface area contributed by atoms with Crippen molar-refractivity contribution in [2.45, 2.75) is 30.8 Å². The lowest BCUT2D eigenvalue weighted by atomic mass is 9.99. The Morgan fingerprint density at radius 1 is 1.27 bits per heavy atom. The van der Waals surface area contributed by atoms with Crippen LogP contribution in [0.5, 0.6) is 0 Å². The fraction of sp³-hybridized carbons (Fsp3) is 0.538. The van der Waals surface area contributed by atoms with Crippen LogP contribution in [0.4, 0.5) is 0 Å². The number of rotatable bonds is 3. The summed E-state index contributed by atoms with van der Waals surface area (Å²) in [6.07, 6.45) is 2.10. The molecule has 1 aliphatic rings. The molecule has 1 fully saturated rings. The van der Waals surface area contributed by atoms with Crippen molar-refractivity contribution in [1.82, 2.24) is 0 Å². The molecule has 15 heavy (non-hydrogen) atoms. The molecule has 1 nitrogen and oxygen atoms in total. The minimum Gasteiger partial charge on any atom is -0.393 e. The smallest absolute Gasteiger partial charge is 0.0579 e. The minimum absolute atomic E-state index is 0.0730. The molecular formula is C13H18OS. The third-order valence-electron chi connectivity index (χ3n) is 3.33. The van der Waals surface area contributed by atoms with Crippen molar-refractivity contribution < 1.29 is 5.11 Å². The van der Waals surface area contributed by atoms with Gasteiger partial charge in [0.1, 0.15) is 0 Å². The van der Waals surface area contributed by atoms with E-state index in [1.165, 1.54) is 11.3 Å². The molecule has 0 spiro atoms. The van der Waals surface area contributed by atoms with Crippen LogP contribution >= 0.6 is 11.8 Å². The van der Waals surface area contributed by atoms with Gasteiger partial charge in [0.05, 0.1) is 6.10 Å². The molecule has 0 amide bonds. The summed E-state index contributed by atoms with van der Waals surface area (Å²) in [4.78, 5) is 1.31. The molecule has 0 bridgehead atoms. The van der Waals surface area contributed by atoms with Crippen LogP contribution in [-0.4, -0.2) is 17.0 Å². The summed E-state index contributed by atoms with van der Waals surface area (Å²) in [5, 5.41) is 9.82. The maximum absolute atomic E-state index is 9.82. The number of thioether (sulfide) groups is 1. The third-order valence-corrected chi connectivity index (χ3v) is 4.49. The van der Waals surface area contributed by atoms with E-state index in [2.05, 4.69) is 31.2 Å². The van der Waals surface area contributed by atoms with Crippen LogP contribution in [0.15, 0.2) is 35.2 Å². The SMILES string of the molecule is C[C@H]1CC[C@H](O)[C@H]1CSc1ccccc1. The van der Waals surface area contributed by atoms with Gasteiger partial charge in [0, 0.05) is 10.6 Å². The summed E-state index contributed by atoms with van der Waals surface area (Å²) in [6, 6.07) is 10.4. The first kappa shape index (κ1) is 11.0. The van der Waals surface area contributed by atoms with Crippen molar-refractivity contribution in [3.05, 3.63) is 30.3 Å². The molecule has 2 rings (SSSR count). The first-order chi connectivity index (χ1) is 7.27. The van der Waals surface area contributed by atoms with Crippen LogP contribution < -0.4 is 0 Å². The fourth-order valence-corrected chi connectivity index (χ4v) is 3.51. The van der Waals surface area contributed by atoms with Crippen molar-refractivity contribution in [1.29, 1.82) is 0 Å². The van der Waals surface area contributed by atoms with Gasteiger partial charge in [0.25, 0.3) is 0 Å². The van der Waals surface area contributed by atoms with E-state index in [0.717, 1.165) is 12.2 Å². The predicted molar refractivity (Wildman–Crippen MR) is 65.1 cm³/mol. The molecule has 82 valence electrons. The van der Waals surface area contributed by atoms with Crippen molar-refractivity contribution in [3.8, 4) is 0 Å². The molecule has 1 aromatic rings. The molecule has 1 N–H and O–H groups in total. The highest BCUT2D eigenvalue weighted by molar-refractivity contribution is 7.99. The summed E-state index contributed by atoms with van der Waals surface area (Å²) in [5.74, 6) is 2.21. The molecule has 1 aliphatic carbocycles. The van der Waals surface area contributed by atoms with E-state index < -0.39 is 0 Å². The molecule has 0 unspecified atom stereocenters. The van der Waals surface area contributed by atoms with Crippen LogP contribution in [0.25, 0.3) is 0 Å². The molecule has 1 aromatic carbocycles. The standard InChI is InChI=1S/C13H18OS/c1-10-7-8-13(14)12(10)9-15-11-5-3-2-4-6-11/h2-6,10,12-14H,7-9H2,1H3/t10-,12-,13-/m0/s1. The van der Waals surface area contributed by atoms with Gasteiger partial charge in [0.15, 0.2) is 0 Å². The van der Waals surface area contributed by atoms with Crippen molar-refractivity contribution in [2.75, 3.05) is 5.75 Å². The Hall–Kier alpha value is -0.470. The lowest BCUT2D eigenvalue weighted by molar-refractivity contribution is 0.132. The summed E-state index contributed by atoms with van der Waals surface area (Å²) in [6.45, 7) is 2.26. The number of aliphatic hydroxyl groups is 1. The Bertz CT molecular complexity index is 289. The van der Waals surface area contributed by atoms with Gasteiger partial charge in [0.2, 0.25) is 0 Å². The molecule has 0 aromatic heterocycles. The number of aliphatic hydroxyl groups excluding tert-OH is 1. The first-order valence-corrected chi connectivity index (χ1v) is 6.62. The van der Waals surface area contributed by atoms with Crippen LogP contribution in [0, 0.1) is 11.8 Å². The summed E-state index contributed by atoms with van der Waals surface area (Å²) in [5.41, 5.74) is 0. The van der Waals surface area contributed by atoms with E-state index in [-0.39, 0.29) is 6.10 Å². The fourth-order valence-electron chi connectivity index (χ4n) is 2.23. The van der Waals surface area contributed by atoms with Gasteiger partial charge < -0.3 is 5.11 Å². The topological polar surface area (TPSA) is 20.2 Å². The van der Waals surface area contributed by atoms with Crippen LogP contribution in [0.2, 0.25) is 0 Å². The van der Waals surface area contributed by atoms with Gasteiger partial charge in [-0.05, 0) is 36.8 Å². The molecule has 0 aliphatic heterocycles. The Morgan fingerprint density at radius 3 is 2.60 bits per heavy atom. The summed E-state index contributed by atoms with van der Waals surface area (Å²) < 4.78 is 0. The van der Waals surface area contributed by atoms with Crippen LogP contribution in [0.1, 0.15) is 19.8 Å². The van der Waals surface area contributed by atoms with E-state index in [0.29, 0.717) is 11.8 Å². The van der Waals surface area contributed by atoms with Gasteiger partial charge in [-0.3, -0.25) is 0 Å². The first-order valence-electron chi connectivity index (χ1n) is 5.63. The van der Waals surface area contributed by atoms with Crippen molar-refractivity contribution in [2.24, 2.45) is 11.8 Å². The van der Waals surface area contributed by atoms with Gasteiger partial charge in [-0.2, -0.15) is 0 Å². The van der Waals surface area contributed by atoms with Gasteiger partial charge in [-0.15, -0.1) is 11.8 Å². The highest BCUT2D eigenvalue weighted by Gasteiger charge is 2.31. The van der Waals surface area contributed by atoms with E-state index in [1.54, 1.807) is 0 Å². The molecule has 0 saturated heterocycles. The zero-order chi connectivity index (χ0) is 10.7. The van der Waals surface area contributed by atoms with E-state index in [9.17, 15) is 5.11 Å². The van der Waals surface area contributed by atoms with Crippen molar-refractivity contribution in [3.63, 3.8) is 0 Å². The van der Waals surface area contributed by atoms with E-state index in [4.69, 9.17) is 0 Å². The molecule has 0 heterocycles. The lowest BCUT2D eigenvalue weighted by Crippen LogP contribution is -2.19. The van der Waals surface area contributed by atoms with Crippen LogP contribution in [0.3, 0.4) is 0 Å². The molecular weight excluding hydrogens is 204 g/mol. The van der Waals surface area contributed by atoms with Gasteiger partial charge >= 0.3 is 0 Å². The van der Waals surface area contributed by atoms with Crippen LogP contribution in [-0.2, 0) is 0 Å². The highest BCUT2D eigenvalue weighted by atomic mass is 32.2. The Kier molecular flexibility index (Phi) is 3.71. The third kappa shape index (κ3) is 2.76. The second kappa shape index (κ2) is 5.04. The molecule has 3 atom stereocenters. The molecule has 0 radical (unpaired) electrons. The monoisotopic (exact) mass is 222 g/mol. The van der Waals surface area contributed by atoms with E-state index >= 15 is 0 Å². The zero-order valence-electron chi connectivity index (χ0n) is 9.10. The highest BCUT2D eigenvalue weighted by Crippen LogP contribution is 2.35. The second-order valence-corrected chi connectivity index (χ2v) is 5.50. The average molecular weight is 222 g/mol. The Labute approximate surface area is 95.9 Å². The van der Waals surface area contributed by atoms with Crippen molar-refractivity contribution >= 4 is 11.8 Å². The van der Waals surface area contributed by atoms with Gasteiger partial charge in [-0.1, -0.05) is 25.1 Å². The second-order valence-electron chi connectivity index (χ2n) is 4.41. The number of hydrogen-bond acceptors (Lipinski definition) is 2. The predicted octanol–water partition coefficient (Wildman–Crippen LogP) is 3.19.